The van der Waals surface area contributed by atoms with Gasteiger partial charge in [0.1, 0.15) is 17.6 Å². The summed E-state index contributed by atoms with van der Waals surface area (Å²) < 4.78 is 16.3. The Labute approximate surface area is 160 Å². The van der Waals surface area contributed by atoms with Crippen LogP contribution in [0.1, 0.15) is 48.5 Å². The number of fused-ring (bicyclic) bond motifs is 1. The first-order chi connectivity index (χ1) is 13.1. The minimum absolute atomic E-state index is 0.0299. The fourth-order valence-corrected chi connectivity index (χ4v) is 3.41. The van der Waals surface area contributed by atoms with Gasteiger partial charge in [-0.05, 0) is 60.7 Å². The molecule has 0 aliphatic heterocycles. The molecule has 4 nitrogen and oxygen atoms in total. The van der Waals surface area contributed by atoms with Gasteiger partial charge in [-0.1, -0.05) is 24.1 Å². The van der Waals surface area contributed by atoms with Gasteiger partial charge in [-0.25, -0.2) is 0 Å². The molecule has 1 unspecified atom stereocenters. The number of methoxy groups -OCH3 is 2. The van der Waals surface area contributed by atoms with Gasteiger partial charge in [-0.15, -0.1) is 5.92 Å². The molecule has 3 rings (SSSR count). The molecule has 0 saturated carbocycles. The minimum Gasteiger partial charge on any atom is -0.497 e. The Kier molecular flexibility index (Phi) is 6.03. The second kappa shape index (κ2) is 8.64. The highest BCUT2D eigenvalue weighted by Crippen LogP contribution is 2.37. The van der Waals surface area contributed by atoms with Crippen LogP contribution in [0.15, 0.2) is 42.5 Å². The summed E-state index contributed by atoms with van der Waals surface area (Å²) in [5.41, 5.74) is 3.49. The average Bonchev–Trinajstić information content (AvgIpc) is 3.10. The molecular weight excluding hydrogens is 340 g/mol. The van der Waals surface area contributed by atoms with Crippen molar-refractivity contribution in [3.63, 3.8) is 0 Å². The molecule has 0 N–H and O–H groups in total. The Hall–Kier alpha value is -2.93. The van der Waals surface area contributed by atoms with E-state index < -0.39 is 0 Å². The number of ether oxygens (including phenoxy) is 3. The van der Waals surface area contributed by atoms with E-state index in [9.17, 15) is 4.79 Å². The molecule has 0 saturated heterocycles. The van der Waals surface area contributed by atoms with Gasteiger partial charge in [0.25, 0.3) is 0 Å². The molecule has 1 aliphatic carbocycles. The topological polar surface area (TPSA) is 44.8 Å². The number of esters is 1. The summed E-state index contributed by atoms with van der Waals surface area (Å²) in [5, 5.41) is 0. The fraction of sp³-hybridized carbons (Fsp3) is 0.348. The zero-order chi connectivity index (χ0) is 19.2. The van der Waals surface area contributed by atoms with Gasteiger partial charge in [-0.2, -0.15) is 0 Å². The van der Waals surface area contributed by atoms with E-state index in [-0.39, 0.29) is 24.4 Å². The maximum Gasteiger partial charge on any atom is 0.307 e. The molecule has 0 fully saturated rings. The third-order valence-electron chi connectivity index (χ3n) is 4.85. The van der Waals surface area contributed by atoms with E-state index >= 15 is 0 Å². The van der Waals surface area contributed by atoms with Crippen LogP contribution in [0.25, 0.3) is 0 Å². The van der Waals surface area contributed by atoms with Crippen molar-refractivity contribution in [2.75, 3.05) is 14.2 Å². The number of carbonyl (C=O) groups is 1. The highest BCUT2D eigenvalue weighted by Gasteiger charge is 2.25. The van der Waals surface area contributed by atoms with Crippen molar-refractivity contribution in [1.29, 1.82) is 0 Å². The molecule has 0 amide bonds. The number of hydrogen-bond donors (Lipinski definition) is 0. The van der Waals surface area contributed by atoms with Gasteiger partial charge < -0.3 is 14.2 Å². The Balaban J connectivity index is 1.73. The number of hydrogen-bond acceptors (Lipinski definition) is 4. The highest BCUT2D eigenvalue weighted by molar-refractivity contribution is 5.71. The largest absolute Gasteiger partial charge is 0.497 e. The quantitative estimate of drug-likeness (QED) is 0.562. The lowest BCUT2D eigenvalue weighted by molar-refractivity contribution is -0.140. The lowest BCUT2D eigenvalue weighted by Crippen LogP contribution is -2.08. The fourth-order valence-electron chi connectivity index (χ4n) is 3.41. The number of benzene rings is 2. The standard InChI is InChI=1S/C23H24O4/c1-4-5-18(14-23(24)26-3)16-6-10-19(11-7-16)27-22-13-9-17-8-12-20(25-2)15-21(17)22/h6-8,10-12,15,18,22H,9,13-14H2,1-3H3/t18-,22?/m0/s1. The van der Waals surface area contributed by atoms with Gasteiger partial charge in [0.2, 0.25) is 0 Å². The van der Waals surface area contributed by atoms with Crippen molar-refractivity contribution in [1.82, 2.24) is 0 Å². The zero-order valence-corrected chi connectivity index (χ0v) is 16.0. The van der Waals surface area contributed by atoms with Gasteiger partial charge in [0.05, 0.1) is 26.6 Å². The maximum absolute atomic E-state index is 11.6. The lowest BCUT2D eigenvalue weighted by Gasteiger charge is -2.17. The van der Waals surface area contributed by atoms with Gasteiger partial charge in [-0.3, -0.25) is 4.79 Å². The number of rotatable bonds is 6. The first-order valence-electron chi connectivity index (χ1n) is 9.07. The molecule has 0 bridgehead atoms. The van der Waals surface area contributed by atoms with Crippen molar-refractivity contribution in [3.8, 4) is 23.3 Å². The third kappa shape index (κ3) is 4.43. The predicted molar refractivity (Wildman–Crippen MR) is 104 cm³/mol. The Bertz CT molecular complexity index is 858. The van der Waals surface area contributed by atoms with Crippen molar-refractivity contribution >= 4 is 5.97 Å². The second-order valence-corrected chi connectivity index (χ2v) is 6.51. The summed E-state index contributed by atoms with van der Waals surface area (Å²) >= 11 is 0. The predicted octanol–water partition coefficient (Wildman–Crippen LogP) is 4.43. The summed E-state index contributed by atoms with van der Waals surface area (Å²) in [5.74, 6) is 7.19. The van der Waals surface area contributed by atoms with Crippen LogP contribution in [0.4, 0.5) is 0 Å². The van der Waals surface area contributed by atoms with Gasteiger partial charge >= 0.3 is 5.97 Å². The van der Waals surface area contributed by atoms with Crippen molar-refractivity contribution < 1.29 is 19.0 Å². The van der Waals surface area contributed by atoms with E-state index in [2.05, 4.69) is 24.0 Å². The minimum atomic E-state index is -0.264. The summed E-state index contributed by atoms with van der Waals surface area (Å²) in [6.45, 7) is 1.77. The van der Waals surface area contributed by atoms with E-state index in [4.69, 9.17) is 14.2 Å². The normalized spacial score (nSPS) is 15.9. The molecular formula is C23H24O4. The van der Waals surface area contributed by atoms with Crippen LogP contribution in [0.3, 0.4) is 0 Å². The SMILES string of the molecule is CC#C[C@@H](CC(=O)OC)c1ccc(OC2CCc3ccc(OC)cc32)cc1. The summed E-state index contributed by atoms with van der Waals surface area (Å²) in [4.78, 5) is 11.6. The van der Waals surface area contributed by atoms with Crippen LogP contribution < -0.4 is 9.47 Å². The van der Waals surface area contributed by atoms with Crippen molar-refractivity contribution in [3.05, 3.63) is 59.2 Å². The van der Waals surface area contributed by atoms with Crippen LogP contribution in [-0.2, 0) is 16.0 Å². The van der Waals surface area contributed by atoms with E-state index in [1.165, 1.54) is 18.2 Å². The molecule has 1 aliphatic rings. The van der Waals surface area contributed by atoms with Crippen LogP contribution in [0.2, 0.25) is 0 Å². The zero-order valence-electron chi connectivity index (χ0n) is 16.0. The molecule has 2 aromatic rings. The molecule has 0 radical (unpaired) electrons. The summed E-state index contributed by atoms with van der Waals surface area (Å²) in [6, 6.07) is 14.0. The second-order valence-electron chi connectivity index (χ2n) is 6.51. The summed E-state index contributed by atoms with van der Waals surface area (Å²) in [7, 11) is 3.07. The van der Waals surface area contributed by atoms with Gasteiger partial charge in [0.15, 0.2) is 0 Å². The van der Waals surface area contributed by atoms with Crippen LogP contribution in [-0.4, -0.2) is 20.2 Å². The van der Waals surface area contributed by atoms with E-state index in [1.54, 1.807) is 14.0 Å². The molecule has 27 heavy (non-hydrogen) atoms. The van der Waals surface area contributed by atoms with E-state index in [1.807, 2.05) is 30.3 Å². The maximum atomic E-state index is 11.6. The molecule has 0 aromatic heterocycles. The van der Waals surface area contributed by atoms with Crippen molar-refractivity contribution in [2.24, 2.45) is 0 Å². The third-order valence-corrected chi connectivity index (χ3v) is 4.85. The first-order valence-corrected chi connectivity index (χ1v) is 9.07. The van der Waals surface area contributed by atoms with Gasteiger partial charge in [0, 0.05) is 0 Å². The smallest absolute Gasteiger partial charge is 0.307 e. The van der Waals surface area contributed by atoms with Crippen LogP contribution in [0.5, 0.6) is 11.5 Å². The number of carbonyl (C=O) groups excluding carboxylic acids is 1. The van der Waals surface area contributed by atoms with Crippen molar-refractivity contribution in [2.45, 2.75) is 38.2 Å². The average molecular weight is 364 g/mol. The lowest BCUT2D eigenvalue weighted by atomic mass is 9.96. The monoisotopic (exact) mass is 364 g/mol. The molecule has 0 spiro atoms. The van der Waals surface area contributed by atoms with Crippen LogP contribution >= 0.6 is 0 Å². The Morgan fingerprint density at radius 3 is 2.56 bits per heavy atom. The summed E-state index contributed by atoms with van der Waals surface area (Å²) in [6.07, 6.45) is 2.24. The highest BCUT2D eigenvalue weighted by atomic mass is 16.5. The molecule has 140 valence electrons. The van der Waals surface area contributed by atoms with E-state index in [0.29, 0.717) is 0 Å². The molecule has 4 heteroatoms. The number of aryl methyl sites for hydroxylation is 1. The molecule has 2 aromatic carbocycles. The Morgan fingerprint density at radius 2 is 1.89 bits per heavy atom. The Morgan fingerprint density at radius 1 is 1.15 bits per heavy atom. The van der Waals surface area contributed by atoms with E-state index in [0.717, 1.165) is 29.9 Å². The first kappa shape index (κ1) is 18.8. The van der Waals surface area contributed by atoms with Crippen LogP contribution in [0, 0.1) is 11.8 Å². The molecule has 0 heterocycles. The molecule has 2 atom stereocenters.